The third kappa shape index (κ3) is 3.51. The average molecular weight is 320 g/mol. The zero-order valence-corrected chi connectivity index (χ0v) is 13.0. The molecule has 19 heavy (non-hydrogen) atoms. The molecular weight excluding hydrogens is 302 g/mol. The minimum absolute atomic E-state index is 0.276. The summed E-state index contributed by atoms with van der Waals surface area (Å²) >= 11 is 3.35. The normalized spacial score (nSPS) is 10.5. The smallest absolute Gasteiger partial charge is 0.129 e. The van der Waals surface area contributed by atoms with Crippen molar-refractivity contribution in [1.82, 2.24) is 0 Å². The molecule has 0 fully saturated rings. The number of hydrogen-bond acceptors (Lipinski definition) is 2. The van der Waals surface area contributed by atoms with Gasteiger partial charge in [0.1, 0.15) is 5.75 Å². The number of phenolic OH excluding ortho intramolecular Hbond substituents is 1. The Morgan fingerprint density at radius 1 is 1.05 bits per heavy atom. The third-order valence-electron chi connectivity index (χ3n) is 3.08. The minimum Gasteiger partial charge on any atom is -0.507 e. The van der Waals surface area contributed by atoms with Gasteiger partial charge < -0.3 is 10.0 Å². The van der Waals surface area contributed by atoms with Gasteiger partial charge in [0.15, 0.2) is 0 Å². The van der Waals surface area contributed by atoms with Crippen molar-refractivity contribution >= 4 is 21.6 Å². The van der Waals surface area contributed by atoms with Crippen LogP contribution in [0.15, 0.2) is 40.9 Å². The maximum Gasteiger partial charge on any atom is 0.129 e. The van der Waals surface area contributed by atoms with Crippen molar-refractivity contribution in [1.29, 1.82) is 0 Å². The van der Waals surface area contributed by atoms with Gasteiger partial charge in [0.2, 0.25) is 0 Å². The highest BCUT2D eigenvalue weighted by Crippen LogP contribution is 2.26. The highest BCUT2D eigenvalue weighted by Gasteiger charge is 2.05. The Balaban J connectivity index is 2.20. The molecule has 0 saturated heterocycles. The molecule has 0 aromatic heterocycles. The van der Waals surface area contributed by atoms with E-state index in [4.69, 9.17) is 0 Å². The van der Waals surface area contributed by atoms with Crippen molar-refractivity contribution < 1.29 is 5.11 Å². The molecule has 0 unspecified atom stereocenters. The van der Waals surface area contributed by atoms with Crippen LogP contribution in [0.25, 0.3) is 0 Å². The molecule has 0 spiro atoms. The number of hydrogen-bond donors (Lipinski definition) is 1. The fraction of sp³-hybridized carbons (Fsp3) is 0.250. The molecule has 2 rings (SSSR count). The largest absolute Gasteiger partial charge is 0.507 e. The summed E-state index contributed by atoms with van der Waals surface area (Å²) in [7, 11) is 2.08. The summed E-state index contributed by atoms with van der Waals surface area (Å²) in [5.74, 6) is 0.276. The van der Waals surface area contributed by atoms with Gasteiger partial charge >= 0.3 is 0 Å². The standard InChI is InChI=1S/C16H18BrNO/c1-11-6-12(2)8-14(7-11)18(3)10-13-4-5-16(19)15(17)9-13/h4-9,19H,10H2,1-3H3. The third-order valence-corrected chi connectivity index (χ3v) is 3.71. The van der Waals surface area contributed by atoms with Crippen LogP contribution in [0, 0.1) is 13.8 Å². The van der Waals surface area contributed by atoms with E-state index in [2.05, 4.69) is 59.9 Å². The zero-order chi connectivity index (χ0) is 14.0. The van der Waals surface area contributed by atoms with Crippen LogP contribution in [0.2, 0.25) is 0 Å². The summed E-state index contributed by atoms with van der Waals surface area (Å²) in [6.45, 7) is 5.03. The predicted molar refractivity (Wildman–Crippen MR) is 83.8 cm³/mol. The molecule has 100 valence electrons. The van der Waals surface area contributed by atoms with Crippen LogP contribution in [-0.4, -0.2) is 12.2 Å². The average Bonchev–Trinajstić information content (AvgIpc) is 2.32. The number of aryl methyl sites for hydroxylation is 2. The lowest BCUT2D eigenvalue weighted by Gasteiger charge is -2.21. The van der Waals surface area contributed by atoms with E-state index in [-0.39, 0.29) is 5.75 Å². The van der Waals surface area contributed by atoms with E-state index in [1.165, 1.54) is 16.8 Å². The number of halogens is 1. The topological polar surface area (TPSA) is 23.5 Å². The number of nitrogens with zero attached hydrogens (tertiary/aromatic N) is 1. The van der Waals surface area contributed by atoms with E-state index >= 15 is 0 Å². The molecule has 2 aromatic carbocycles. The van der Waals surface area contributed by atoms with E-state index in [1.54, 1.807) is 6.07 Å². The van der Waals surface area contributed by atoms with Crippen LogP contribution < -0.4 is 4.90 Å². The molecule has 0 radical (unpaired) electrons. The maximum absolute atomic E-state index is 9.51. The number of benzene rings is 2. The Kier molecular flexibility index (Phi) is 4.15. The van der Waals surface area contributed by atoms with Crippen LogP contribution in [-0.2, 0) is 6.54 Å². The van der Waals surface area contributed by atoms with E-state index in [9.17, 15) is 5.11 Å². The second kappa shape index (κ2) is 5.66. The van der Waals surface area contributed by atoms with E-state index in [0.29, 0.717) is 0 Å². The molecule has 2 aromatic rings. The minimum atomic E-state index is 0.276. The first kappa shape index (κ1) is 13.9. The molecular formula is C16H18BrNO. The maximum atomic E-state index is 9.51. The first-order valence-electron chi connectivity index (χ1n) is 6.22. The first-order chi connectivity index (χ1) is 8.95. The Bertz CT molecular complexity index is 575. The van der Waals surface area contributed by atoms with Crippen molar-refractivity contribution in [2.45, 2.75) is 20.4 Å². The van der Waals surface area contributed by atoms with Crippen molar-refractivity contribution in [3.63, 3.8) is 0 Å². The van der Waals surface area contributed by atoms with Crippen molar-refractivity contribution in [2.75, 3.05) is 11.9 Å². The van der Waals surface area contributed by atoms with Crippen LogP contribution in [0.5, 0.6) is 5.75 Å². The number of phenols is 1. The van der Waals surface area contributed by atoms with Gasteiger partial charge in [0.25, 0.3) is 0 Å². The molecule has 0 atom stereocenters. The highest BCUT2D eigenvalue weighted by atomic mass is 79.9. The van der Waals surface area contributed by atoms with Gasteiger partial charge in [-0.15, -0.1) is 0 Å². The lowest BCUT2D eigenvalue weighted by molar-refractivity contribution is 0.471. The Morgan fingerprint density at radius 3 is 2.26 bits per heavy atom. The van der Waals surface area contributed by atoms with E-state index in [0.717, 1.165) is 16.6 Å². The number of aromatic hydroxyl groups is 1. The van der Waals surface area contributed by atoms with Crippen LogP contribution in [0.3, 0.4) is 0 Å². The lowest BCUT2D eigenvalue weighted by Crippen LogP contribution is -2.16. The van der Waals surface area contributed by atoms with Crippen LogP contribution in [0.1, 0.15) is 16.7 Å². The van der Waals surface area contributed by atoms with Gasteiger partial charge in [-0.3, -0.25) is 0 Å². The SMILES string of the molecule is Cc1cc(C)cc(N(C)Cc2ccc(O)c(Br)c2)c1. The summed E-state index contributed by atoms with van der Waals surface area (Å²) in [4.78, 5) is 2.21. The van der Waals surface area contributed by atoms with E-state index in [1.807, 2.05) is 12.1 Å². The van der Waals surface area contributed by atoms with Crippen molar-refractivity contribution in [2.24, 2.45) is 0 Å². The molecule has 3 heteroatoms. The highest BCUT2D eigenvalue weighted by molar-refractivity contribution is 9.10. The van der Waals surface area contributed by atoms with Gasteiger partial charge in [-0.2, -0.15) is 0 Å². The van der Waals surface area contributed by atoms with Gasteiger partial charge in [0, 0.05) is 19.3 Å². The lowest BCUT2D eigenvalue weighted by atomic mass is 10.1. The summed E-state index contributed by atoms with van der Waals surface area (Å²) < 4.78 is 0.735. The molecule has 0 heterocycles. The van der Waals surface area contributed by atoms with Gasteiger partial charge in [-0.1, -0.05) is 12.1 Å². The number of rotatable bonds is 3. The van der Waals surface area contributed by atoms with Crippen molar-refractivity contribution in [3.8, 4) is 5.75 Å². The molecule has 0 aliphatic rings. The van der Waals surface area contributed by atoms with Crippen LogP contribution in [0.4, 0.5) is 5.69 Å². The summed E-state index contributed by atoms with van der Waals surface area (Å²) in [6, 6.07) is 12.2. The second-order valence-corrected chi connectivity index (χ2v) is 5.84. The van der Waals surface area contributed by atoms with Gasteiger partial charge in [-0.25, -0.2) is 0 Å². The molecule has 0 bridgehead atoms. The van der Waals surface area contributed by atoms with Crippen LogP contribution >= 0.6 is 15.9 Å². The fourth-order valence-electron chi connectivity index (χ4n) is 2.18. The Morgan fingerprint density at radius 2 is 1.68 bits per heavy atom. The Hall–Kier alpha value is -1.48. The molecule has 0 amide bonds. The quantitative estimate of drug-likeness (QED) is 0.905. The number of anilines is 1. The second-order valence-electron chi connectivity index (χ2n) is 4.99. The van der Waals surface area contributed by atoms with Gasteiger partial charge in [-0.05, 0) is 70.7 Å². The molecule has 0 aliphatic heterocycles. The summed E-state index contributed by atoms with van der Waals surface area (Å²) in [5, 5.41) is 9.51. The first-order valence-corrected chi connectivity index (χ1v) is 7.02. The molecule has 1 N–H and O–H groups in total. The summed E-state index contributed by atoms with van der Waals surface area (Å²) in [6.07, 6.45) is 0. The molecule has 2 nitrogen and oxygen atoms in total. The summed E-state index contributed by atoms with van der Waals surface area (Å²) in [5.41, 5.74) is 4.91. The van der Waals surface area contributed by atoms with Gasteiger partial charge in [0.05, 0.1) is 4.47 Å². The van der Waals surface area contributed by atoms with Crippen molar-refractivity contribution in [3.05, 3.63) is 57.6 Å². The zero-order valence-electron chi connectivity index (χ0n) is 11.4. The fourth-order valence-corrected chi connectivity index (χ4v) is 2.61. The molecule has 0 saturated carbocycles. The predicted octanol–water partition coefficient (Wildman–Crippen LogP) is 4.41. The molecule has 0 aliphatic carbocycles. The monoisotopic (exact) mass is 319 g/mol. The van der Waals surface area contributed by atoms with E-state index < -0.39 is 0 Å². The Labute approximate surface area is 122 Å².